The van der Waals surface area contributed by atoms with E-state index in [0.29, 0.717) is 13.0 Å². The van der Waals surface area contributed by atoms with Gasteiger partial charge in [0.2, 0.25) is 5.91 Å². The monoisotopic (exact) mass is 269 g/mol. The predicted molar refractivity (Wildman–Crippen MR) is 81.1 cm³/mol. The molecular weight excluding hydrogens is 250 g/mol. The van der Waals surface area contributed by atoms with Gasteiger partial charge in [0.25, 0.3) is 0 Å². The van der Waals surface area contributed by atoms with Crippen molar-refractivity contribution in [2.45, 2.75) is 20.3 Å². The zero-order valence-electron chi connectivity index (χ0n) is 11.8. The fourth-order valence-electron chi connectivity index (χ4n) is 2.05. The maximum atomic E-state index is 11.8. The van der Waals surface area contributed by atoms with Crippen LogP contribution in [0.2, 0.25) is 0 Å². The number of hydrogen-bond donors (Lipinski definition) is 1. The molecule has 0 heterocycles. The molecule has 1 N–H and O–H groups in total. The van der Waals surface area contributed by atoms with Gasteiger partial charge in [-0.25, -0.2) is 0 Å². The number of aryl methyl sites for hydroxylation is 2. The molecule has 0 aliphatic carbocycles. The number of anilines is 1. The van der Waals surface area contributed by atoms with Gasteiger partial charge in [0, 0.05) is 5.69 Å². The quantitative estimate of drug-likeness (QED) is 0.898. The van der Waals surface area contributed by atoms with E-state index in [4.69, 9.17) is 4.74 Å². The molecule has 3 heteroatoms. The van der Waals surface area contributed by atoms with Crippen LogP contribution in [0.15, 0.2) is 48.5 Å². The smallest absolute Gasteiger partial charge is 0.227 e. The number of para-hydroxylation sites is 1. The summed E-state index contributed by atoms with van der Waals surface area (Å²) in [6, 6.07) is 15.5. The van der Waals surface area contributed by atoms with Gasteiger partial charge in [-0.05, 0) is 49.2 Å². The average Bonchev–Trinajstić information content (AvgIpc) is 2.38. The van der Waals surface area contributed by atoms with Gasteiger partial charge in [0.05, 0.1) is 13.0 Å². The number of nitrogens with one attached hydrogen (secondary N) is 1. The summed E-state index contributed by atoms with van der Waals surface area (Å²) >= 11 is 0. The Morgan fingerprint density at radius 1 is 1.05 bits per heavy atom. The predicted octanol–water partition coefficient (Wildman–Crippen LogP) is 3.71. The molecule has 0 fully saturated rings. The largest absolute Gasteiger partial charge is 0.493 e. The highest BCUT2D eigenvalue weighted by Gasteiger charge is 2.04. The maximum Gasteiger partial charge on any atom is 0.227 e. The van der Waals surface area contributed by atoms with Crippen LogP contribution in [-0.4, -0.2) is 12.5 Å². The van der Waals surface area contributed by atoms with Gasteiger partial charge in [0.1, 0.15) is 5.75 Å². The van der Waals surface area contributed by atoms with Crippen LogP contribution in [0.1, 0.15) is 17.5 Å². The van der Waals surface area contributed by atoms with Crippen molar-refractivity contribution in [1.82, 2.24) is 0 Å². The highest BCUT2D eigenvalue weighted by Crippen LogP contribution is 2.14. The molecule has 0 saturated carbocycles. The van der Waals surface area contributed by atoms with Crippen LogP contribution in [0.3, 0.4) is 0 Å². The summed E-state index contributed by atoms with van der Waals surface area (Å²) in [6.45, 7) is 4.41. The SMILES string of the molecule is Cc1cc(C)cc(NC(=O)CCOc2ccccc2)c1. The van der Waals surface area contributed by atoms with Crippen LogP contribution in [0.4, 0.5) is 5.69 Å². The third-order valence-corrected chi connectivity index (χ3v) is 2.85. The number of benzene rings is 2. The Kier molecular flexibility index (Phi) is 4.77. The summed E-state index contributed by atoms with van der Waals surface area (Å²) < 4.78 is 5.50. The van der Waals surface area contributed by atoms with Crippen molar-refractivity contribution in [3.05, 3.63) is 59.7 Å². The van der Waals surface area contributed by atoms with E-state index in [0.717, 1.165) is 22.6 Å². The molecular formula is C17H19NO2. The molecule has 0 unspecified atom stereocenters. The van der Waals surface area contributed by atoms with Gasteiger partial charge in [-0.1, -0.05) is 24.3 Å². The summed E-state index contributed by atoms with van der Waals surface area (Å²) in [7, 11) is 0. The van der Waals surface area contributed by atoms with Crippen molar-refractivity contribution in [1.29, 1.82) is 0 Å². The normalized spacial score (nSPS) is 10.1. The van der Waals surface area contributed by atoms with Crippen LogP contribution in [-0.2, 0) is 4.79 Å². The van der Waals surface area contributed by atoms with Gasteiger partial charge >= 0.3 is 0 Å². The fraction of sp³-hybridized carbons (Fsp3) is 0.235. The molecule has 0 aliphatic heterocycles. The van der Waals surface area contributed by atoms with Crippen molar-refractivity contribution in [2.75, 3.05) is 11.9 Å². The Bertz CT molecular complexity index is 559. The van der Waals surface area contributed by atoms with Gasteiger partial charge < -0.3 is 10.1 Å². The first-order valence-corrected chi connectivity index (χ1v) is 6.69. The van der Waals surface area contributed by atoms with E-state index in [9.17, 15) is 4.79 Å². The summed E-state index contributed by atoms with van der Waals surface area (Å²) in [4.78, 5) is 11.8. The second kappa shape index (κ2) is 6.75. The van der Waals surface area contributed by atoms with Crippen molar-refractivity contribution in [3.8, 4) is 5.75 Å². The summed E-state index contributed by atoms with van der Waals surface area (Å²) in [5.41, 5.74) is 3.12. The average molecular weight is 269 g/mol. The summed E-state index contributed by atoms with van der Waals surface area (Å²) in [6.07, 6.45) is 0.335. The van der Waals surface area contributed by atoms with Crippen LogP contribution in [0.5, 0.6) is 5.75 Å². The van der Waals surface area contributed by atoms with E-state index in [1.165, 1.54) is 0 Å². The molecule has 3 nitrogen and oxygen atoms in total. The number of carbonyl (C=O) groups is 1. The number of carbonyl (C=O) groups excluding carboxylic acids is 1. The third-order valence-electron chi connectivity index (χ3n) is 2.85. The lowest BCUT2D eigenvalue weighted by Crippen LogP contribution is -2.15. The lowest BCUT2D eigenvalue weighted by molar-refractivity contribution is -0.116. The highest BCUT2D eigenvalue weighted by atomic mass is 16.5. The lowest BCUT2D eigenvalue weighted by atomic mass is 10.1. The van der Waals surface area contributed by atoms with Gasteiger partial charge in [-0.15, -0.1) is 0 Å². The number of hydrogen-bond acceptors (Lipinski definition) is 2. The number of ether oxygens (including phenoxy) is 1. The number of rotatable bonds is 5. The molecule has 0 bridgehead atoms. The molecule has 0 radical (unpaired) electrons. The maximum absolute atomic E-state index is 11.8. The lowest BCUT2D eigenvalue weighted by Gasteiger charge is -2.08. The first-order chi connectivity index (χ1) is 9.63. The molecule has 0 aliphatic rings. The van der Waals surface area contributed by atoms with Crippen LogP contribution in [0.25, 0.3) is 0 Å². The van der Waals surface area contributed by atoms with E-state index in [-0.39, 0.29) is 5.91 Å². The first-order valence-electron chi connectivity index (χ1n) is 6.69. The van der Waals surface area contributed by atoms with E-state index in [1.54, 1.807) is 0 Å². The Morgan fingerprint density at radius 2 is 1.70 bits per heavy atom. The van der Waals surface area contributed by atoms with Gasteiger partial charge in [-0.3, -0.25) is 4.79 Å². The Hall–Kier alpha value is -2.29. The molecule has 20 heavy (non-hydrogen) atoms. The fourth-order valence-corrected chi connectivity index (χ4v) is 2.05. The number of amides is 1. The van der Waals surface area contributed by atoms with Crippen molar-refractivity contribution in [3.63, 3.8) is 0 Å². The highest BCUT2D eigenvalue weighted by molar-refractivity contribution is 5.90. The topological polar surface area (TPSA) is 38.3 Å². The van der Waals surface area contributed by atoms with E-state index in [2.05, 4.69) is 11.4 Å². The van der Waals surface area contributed by atoms with E-state index < -0.39 is 0 Å². The zero-order valence-corrected chi connectivity index (χ0v) is 11.8. The summed E-state index contributed by atoms with van der Waals surface area (Å²) in [5, 5.41) is 2.89. The van der Waals surface area contributed by atoms with Crippen LogP contribution >= 0.6 is 0 Å². The molecule has 2 aromatic carbocycles. The molecule has 0 aromatic heterocycles. The minimum atomic E-state index is -0.0362. The van der Waals surface area contributed by atoms with E-state index in [1.807, 2.05) is 56.3 Å². The van der Waals surface area contributed by atoms with E-state index >= 15 is 0 Å². The Labute approximate surface area is 119 Å². The second-order valence-corrected chi connectivity index (χ2v) is 4.84. The van der Waals surface area contributed by atoms with Crippen molar-refractivity contribution in [2.24, 2.45) is 0 Å². The minimum absolute atomic E-state index is 0.0362. The van der Waals surface area contributed by atoms with Crippen LogP contribution in [0, 0.1) is 13.8 Å². The summed E-state index contributed by atoms with van der Waals surface area (Å²) in [5.74, 6) is 0.748. The van der Waals surface area contributed by atoms with Crippen LogP contribution < -0.4 is 10.1 Å². The van der Waals surface area contributed by atoms with Crippen molar-refractivity contribution >= 4 is 11.6 Å². The van der Waals surface area contributed by atoms with Gasteiger partial charge in [0.15, 0.2) is 0 Å². The molecule has 0 atom stereocenters. The molecule has 104 valence electrons. The Morgan fingerprint density at radius 3 is 2.35 bits per heavy atom. The first kappa shape index (κ1) is 14.1. The molecule has 1 amide bonds. The standard InChI is InChI=1S/C17H19NO2/c1-13-10-14(2)12-15(11-13)18-17(19)8-9-20-16-6-4-3-5-7-16/h3-7,10-12H,8-9H2,1-2H3,(H,18,19). The molecule has 0 spiro atoms. The molecule has 2 rings (SSSR count). The molecule has 0 saturated heterocycles. The minimum Gasteiger partial charge on any atom is -0.493 e. The Balaban J connectivity index is 1.81. The van der Waals surface area contributed by atoms with Gasteiger partial charge in [-0.2, -0.15) is 0 Å². The van der Waals surface area contributed by atoms with Crippen molar-refractivity contribution < 1.29 is 9.53 Å². The molecule has 2 aromatic rings. The zero-order chi connectivity index (χ0) is 14.4. The second-order valence-electron chi connectivity index (χ2n) is 4.84. The third kappa shape index (κ3) is 4.43.